The van der Waals surface area contributed by atoms with Crippen molar-refractivity contribution in [2.75, 3.05) is 6.54 Å². The van der Waals surface area contributed by atoms with Gasteiger partial charge in [-0.1, -0.05) is 31.4 Å². The van der Waals surface area contributed by atoms with Gasteiger partial charge in [0, 0.05) is 16.6 Å². The molecule has 1 aliphatic heterocycles. The van der Waals surface area contributed by atoms with Crippen LogP contribution in [0.2, 0.25) is 5.02 Å². The molecule has 1 heterocycles. The molecular formula is C17H24ClNO. The van der Waals surface area contributed by atoms with Crippen LogP contribution in [0.15, 0.2) is 24.3 Å². The van der Waals surface area contributed by atoms with E-state index in [1.807, 2.05) is 19.1 Å². The Balaban J connectivity index is 2.09. The second kappa shape index (κ2) is 7.24. The summed E-state index contributed by atoms with van der Waals surface area (Å²) in [6.07, 6.45) is 6.11. The van der Waals surface area contributed by atoms with Gasteiger partial charge in [-0.2, -0.15) is 0 Å². The summed E-state index contributed by atoms with van der Waals surface area (Å²) in [5.74, 6) is 0.213. The zero-order valence-corrected chi connectivity index (χ0v) is 13.2. The first kappa shape index (κ1) is 15.5. The van der Waals surface area contributed by atoms with Crippen LogP contribution in [0.5, 0.6) is 0 Å². The highest BCUT2D eigenvalue weighted by molar-refractivity contribution is 6.30. The van der Waals surface area contributed by atoms with E-state index in [1.165, 1.54) is 32.1 Å². The topological polar surface area (TPSA) is 20.3 Å². The number of benzene rings is 1. The Bertz CT molecular complexity index is 441. The molecule has 0 radical (unpaired) electrons. The predicted octanol–water partition coefficient (Wildman–Crippen LogP) is 4.57. The number of piperidine rings is 1. The summed E-state index contributed by atoms with van der Waals surface area (Å²) >= 11 is 5.89. The molecular weight excluding hydrogens is 270 g/mol. The van der Waals surface area contributed by atoms with Gasteiger partial charge in [0.25, 0.3) is 0 Å². The van der Waals surface area contributed by atoms with E-state index < -0.39 is 0 Å². The van der Waals surface area contributed by atoms with Gasteiger partial charge in [0.2, 0.25) is 0 Å². The molecule has 2 unspecified atom stereocenters. The van der Waals surface area contributed by atoms with E-state index in [-0.39, 0.29) is 11.8 Å². The minimum Gasteiger partial charge on any atom is -0.292 e. The molecule has 0 aromatic heterocycles. The molecule has 1 aromatic carbocycles. The van der Waals surface area contributed by atoms with Gasteiger partial charge in [-0.05, 0) is 57.0 Å². The maximum Gasteiger partial charge on any atom is 0.179 e. The lowest BCUT2D eigenvalue weighted by Crippen LogP contribution is -2.48. The fourth-order valence-electron chi connectivity index (χ4n) is 3.18. The van der Waals surface area contributed by atoms with E-state index >= 15 is 0 Å². The molecule has 0 spiro atoms. The molecule has 110 valence electrons. The average molecular weight is 294 g/mol. The monoisotopic (exact) mass is 293 g/mol. The number of hydrogen-bond donors (Lipinski definition) is 0. The minimum atomic E-state index is -0.0342. The van der Waals surface area contributed by atoms with Crippen molar-refractivity contribution in [1.82, 2.24) is 4.90 Å². The largest absolute Gasteiger partial charge is 0.292 e. The molecule has 0 saturated carbocycles. The standard InChI is InChI=1S/C17H24ClNO/c1-3-6-16-7-4-5-12-19(16)13(2)17(20)14-8-10-15(18)11-9-14/h8-11,13,16H,3-7,12H2,1-2H3. The zero-order valence-electron chi connectivity index (χ0n) is 12.4. The van der Waals surface area contributed by atoms with E-state index in [9.17, 15) is 4.79 Å². The third kappa shape index (κ3) is 3.62. The van der Waals surface area contributed by atoms with Crippen molar-refractivity contribution in [2.45, 2.75) is 58.0 Å². The molecule has 2 nitrogen and oxygen atoms in total. The SMILES string of the molecule is CCCC1CCCCN1C(C)C(=O)c1ccc(Cl)cc1. The second-order valence-electron chi connectivity index (χ2n) is 5.72. The lowest BCUT2D eigenvalue weighted by Gasteiger charge is -2.39. The van der Waals surface area contributed by atoms with Gasteiger partial charge in [-0.15, -0.1) is 0 Å². The van der Waals surface area contributed by atoms with E-state index in [4.69, 9.17) is 11.6 Å². The van der Waals surface area contributed by atoms with Gasteiger partial charge in [-0.25, -0.2) is 0 Å². The van der Waals surface area contributed by atoms with Gasteiger partial charge >= 0.3 is 0 Å². The Hall–Kier alpha value is -0.860. The van der Waals surface area contributed by atoms with Crippen molar-refractivity contribution in [2.24, 2.45) is 0 Å². The Morgan fingerprint density at radius 2 is 2.05 bits per heavy atom. The third-order valence-corrected chi connectivity index (χ3v) is 4.55. The summed E-state index contributed by atoms with van der Waals surface area (Å²) in [6, 6.07) is 7.79. The molecule has 0 bridgehead atoms. The Morgan fingerprint density at radius 1 is 1.35 bits per heavy atom. The van der Waals surface area contributed by atoms with Crippen LogP contribution in [-0.2, 0) is 0 Å². The summed E-state index contributed by atoms with van der Waals surface area (Å²) < 4.78 is 0. The zero-order chi connectivity index (χ0) is 14.5. The number of Topliss-reactive ketones (excluding diaryl/α,β-unsaturated/α-hetero) is 1. The van der Waals surface area contributed by atoms with Crippen LogP contribution >= 0.6 is 11.6 Å². The Morgan fingerprint density at radius 3 is 2.70 bits per heavy atom. The summed E-state index contributed by atoms with van der Waals surface area (Å²) in [6.45, 7) is 5.31. The van der Waals surface area contributed by atoms with Crippen LogP contribution in [0.4, 0.5) is 0 Å². The number of nitrogens with zero attached hydrogens (tertiary/aromatic N) is 1. The van der Waals surface area contributed by atoms with E-state index in [0.29, 0.717) is 11.1 Å². The van der Waals surface area contributed by atoms with Gasteiger partial charge in [0.05, 0.1) is 6.04 Å². The molecule has 0 amide bonds. The normalized spacial score (nSPS) is 21.6. The number of hydrogen-bond acceptors (Lipinski definition) is 2. The van der Waals surface area contributed by atoms with Crippen molar-refractivity contribution in [1.29, 1.82) is 0 Å². The molecule has 3 heteroatoms. The van der Waals surface area contributed by atoms with E-state index in [1.54, 1.807) is 12.1 Å². The van der Waals surface area contributed by atoms with Gasteiger partial charge in [0.1, 0.15) is 0 Å². The van der Waals surface area contributed by atoms with Crippen molar-refractivity contribution >= 4 is 17.4 Å². The van der Waals surface area contributed by atoms with Crippen LogP contribution in [-0.4, -0.2) is 29.3 Å². The fraction of sp³-hybridized carbons (Fsp3) is 0.588. The second-order valence-corrected chi connectivity index (χ2v) is 6.16. The van der Waals surface area contributed by atoms with Crippen LogP contribution in [0, 0.1) is 0 Å². The molecule has 0 aliphatic carbocycles. The van der Waals surface area contributed by atoms with E-state index in [0.717, 1.165) is 12.1 Å². The molecule has 2 atom stereocenters. The molecule has 0 N–H and O–H groups in total. The third-order valence-electron chi connectivity index (χ3n) is 4.30. The smallest absolute Gasteiger partial charge is 0.179 e. The van der Waals surface area contributed by atoms with Gasteiger partial charge < -0.3 is 0 Å². The number of likely N-dealkylation sites (tertiary alicyclic amines) is 1. The van der Waals surface area contributed by atoms with Crippen molar-refractivity contribution in [3.63, 3.8) is 0 Å². The maximum atomic E-state index is 12.6. The maximum absolute atomic E-state index is 12.6. The highest BCUT2D eigenvalue weighted by Crippen LogP contribution is 2.24. The number of ketones is 1. The first-order valence-electron chi connectivity index (χ1n) is 7.69. The first-order chi connectivity index (χ1) is 9.63. The molecule has 1 fully saturated rings. The molecule has 1 aromatic rings. The summed E-state index contributed by atoms with van der Waals surface area (Å²) in [7, 11) is 0. The van der Waals surface area contributed by atoms with Crippen molar-refractivity contribution < 1.29 is 4.79 Å². The van der Waals surface area contributed by atoms with Crippen LogP contribution in [0.1, 0.15) is 56.3 Å². The minimum absolute atomic E-state index is 0.0342. The molecule has 1 saturated heterocycles. The fourth-order valence-corrected chi connectivity index (χ4v) is 3.31. The molecule has 1 aliphatic rings. The average Bonchev–Trinajstić information content (AvgIpc) is 2.47. The van der Waals surface area contributed by atoms with Crippen LogP contribution in [0.25, 0.3) is 0 Å². The molecule has 2 rings (SSSR count). The summed E-state index contributed by atoms with van der Waals surface area (Å²) in [5.41, 5.74) is 0.766. The summed E-state index contributed by atoms with van der Waals surface area (Å²) in [4.78, 5) is 15.0. The number of carbonyl (C=O) groups excluding carboxylic acids is 1. The number of halogens is 1. The first-order valence-corrected chi connectivity index (χ1v) is 8.06. The Kier molecular flexibility index (Phi) is 5.62. The van der Waals surface area contributed by atoms with E-state index in [2.05, 4.69) is 11.8 Å². The predicted molar refractivity (Wildman–Crippen MR) is 84.5 cm³/mol. The highest BCUT2D eigenvalue weighted by atomic mass is 35.5. The van der Waals surface area contributed by atoms with Crippen molar-refractivity contribution in [3.05, 3.63) is 34.9 Å². The highest BCUT2D eigenvalue weighted by Gasteiger charge is 2.30. The van der Waals surface area contributed by atoms with Crippen molar-refractivity contribution in [3.8, 4) is 0 Å². The summed E-state index contributed by atoms with van der Waals surface area (Å²) in [5, 5.41) is 0.677. The number of rotatable bonds is 5. The molecule has 20 heavy (non-hydrogen) atoms. The lowest BCUT2D eigenvalue weighted by molar-refractivity contribution is 0.0649. The van der Waals surface area contributed by atoms with Crippen LogP contribution in [0.3, 0.4) is 0 Å². The van der Waals surface area contributed by atoms with Crippen LogP contribution < -0.4 is 0 Å². The van der Waals surface area contributed by atoms with Gasteiger partial charge in [0.15, 0.2) is 5.78 Å². The van der Waals surface area contributed by atoms with Gasteiger partial charge in [-0.3, -0.25) is 9.69 Å². The lowest BCUT2D eigenvalue weighted by atomic mass is 9.94. The quantitative estimate of drug-likeness (QED) is 0.741. The number of carbonyl (C=O) groups is 1. The Labute approximate surface area is 127 Å².